The van der Waals surface area contributed by atoms with E-state index < -0.39 is 5.82 Å². The van der Waals surface area contributed by atoms with E-state index in [1.165, 1.54) is 4.90 Å². The fourth-order valence-electron chi connectivity index (χ4n) is 2.12. The Morgan fingerprint density at radius 3 is 3.11 bits per heavy atom. The van der Waals surface area contributed by atoms with Crippen molar-refractivity contribution in [3.05, 3.63) is 28.8 Å². The van der Waals surface area contributed by atoms with Crippen LogP contribution in [0, 0.1) is 5.82 Å². The average molecular weight is 287 g/mol. The summed E-state index contributed by atoms with van der Waals surface area (Å²) in [5.74, 6) is -0.916. The van der Waals surface area contributed by atoms with Crippen LogP contribution in [-0.4, -0.2) is 42.1 Å². The monoisotopic (exact) mass is 286 g/mol. The van der Waals surface area contributed by atoms with Gasteiger partial charge in [0.2, 0.25) is 0 Å². The lowest BCUT2D eigenvalue weighted by Gasteiger charge is -2.27. The van der Waals surface area contributed by atoms with Crippen LogP contribution in [0.3, 0.4) is 0 Å². The second-order valence-corrected chi connectivity index (χ2v) is 5.02. The molecule has 1 atom stereocenters. The predicted octanol–water partition coefficient (Wildman–Crippen LogP) is 2.52. The maximum absolute atomic E-state index is 13.1. The van der Waals surface area contributed by atoms with Crippen molar-refractivity contribution in [2.45, 2.75) is 25.4 Å². The van der Waals surface area contributed by atoms with Gasteiger partial charge in [-0.25, -0.2) is 9.37 Å². The van der Waals surface area contributed by atoms with Crippen LogP contribution in [0.2, 0.25) is 5.15 Å². The second-order valence-electron chi connectivity index (χ2n) is 4.67. The fourth-order valence-corrected chi connectivity index (χ4v) is 2.30. The summed E-state index contributed by atoms with van der Waals surface area (Å²) < 4.78 is 18.7. The Kier molecular flexibility index (Phi) is 4.71. The molecular weight excluding hydrogens is 271 g/mol. The Balaban J connectivity index is 2.03. The van der Waals surface area contributed by atoms with Crippen molar-refractivity contribution in [3.63, 3.8) is 0 Å². The van der Waals surface area contributed by atoms with Gasteiger partial charge in [0, 0.05) is 20.2 Å². The molecule has 0 saturated carbocycles. The molecule has 1 aromatic heterocycles. The van der Waals surface area contributed by atoms with Gasteiger partial charge in [-0.1, -0.05) is 11.6 Å². The van der Waals surface area contributed by atoms with Gasteiger partial charge in [0.1, 0.15) is 11.0 Å². The van der Waals surface area contributed by atoms with Crippen LogP contribution >= 0.6 is 11.6 Å². The molecule has 2 rings (SSSR count). The fraction of sp³-hybridized carbons (Fsp3) is 0.538. The summed E-state index contributed by atoms with van der Waals surface area (Å²) in [4.78, 5) is 17.3. The summed E-state index contributed by atoms with van der Waals surface area (Å²) in [7, 11) is 1.65. The third-order valence-corrected chi connectivity index (χ3v) is 3.44. The summed E-state index contributed by atoms with van der Waals surface area (Å²) >= 11 is 5.82. The minimum absolute atomic E-state index is 0.0165. The number of nitrogens with zero attached hydrogens (tertiary/aromatic N) is 2. The first-order valence-electron chi connectivity index (χ1n) is 6.26. The van der Waals surface area contributed by atoms with E-state index in [9.17, 15) is 9.18 Å². The molecular formula is C13H16ClFN2O2. The molecule has 1 saturated heterocycles. The zero-order chi connectivity index (χ0) is 13.8. The lowest BCUT2D eigenvalue weighted by molar-refractivity contribution is -0.000199. The second kappa shape index (κ2) is 6.30. The van der Waals surface area contributed by atoms with Crippen LogP contribution in [0.4, 0.5) is 4.39 Å². The van der Waals surface area contributed by atoms with E-state index in [4.69, 9.17) is 16.3 Å². The van der Waals surface area contributed by atoms with Crippen molar-refractivity contribution < 1.29 is 13.9 Å². The molecule has 0 aliphatic carbocycles. The molecule has 1 fully saturated rings. The van der Waals surface area contributed by atoms with Crippen molar-refractivity contribution in [2.24, 2.45) is 0 Å². The average Bonchev–Trinajstić information content (AvgIpc) is 2.42. The lowest BCUT2D eigenvalue weighted by Crippen LogP contribution is -2.37. The smallest absolute Gasteiger partial charge is 0.256 e. The van der Waals surface area contributed by atoms with Crippen molar-refractivity contribution >= 4 is 17.5 Å². The summed E-state index contributed by atoms with van der Waals surface area (Å²) in [5.41, 5.74) is 0.0833. The van der Waals surface area contributed by atoms with Gasteiger partial charge >= 0.3 is 0 Å². The number of rotatable bonds is 3. The molecule has 2 heterocycles. The first kappa shape index (κ1) is 14.2. The number of amides is 1. The first-order valence-corrected chi connectivity index (χ1v) is 6.64. The van der Waals surface area contributed by atoms with E-state index in [0.29, 0.717) is 6.54 Å². The molecule has 0 spiro atoms. The topological polar surface area (TPSA) is 42.4 Å². The maximum Gasteiger partial charge on any atom is 0.256 e. The number of halogens is 2. The molecule has 1 amide bonds. The van der Waals surface area contributed by atoms with E-state index in [2.05, 4.69) is 4.98 Å². The van der Waals surface area contributed by atoms with Gasteiger partial charge in [-0.15, -0.1) is 0 Å². The number of carbonyl (C=O) groups is 1. The van der Waals surface area contributed by atoms with Gasteiger partial charge < -0.3 is 9.64 Å². The molecule has 6 heteroatoms. The number of hydrogen-bond donors (Lipinski definition) is 0. The molecule has 1 aliphatic heterocycles. The predicted molar refractivity (Wildman–Crippen MR) is 69.8 cm³/mol. The molecule has 0 aromatic carbocycles. The summed E-state index contributed by atoms with van der Waals surface area (Å²) in [5, 5.41) is 0.0165. The number of carbonyl (C=O) groups excluding carboxylic acids is 1. The molecule has 1 unspecified atom stereocenters. The highest BCUT2D eigenvalue weighted by molar-refractivity contribution is 6.32. The zero-order valence-electron chi connectivity index (χ0n) is 10.7. The normalized spacial score (nSPS) is 19.2. The van der Waals surface area contributed by atoms with E-state index in [-0.39, 0.29) is 22.7 Å². The highest BCUT2D eigenvalue weighted by atomic mass is 35.5. The van der Waals surface area contributed by atoms with E-state index in [0.717, 1.165) is 38.1 Å². The van der Waals surface area contributed by atoms with Gasteiger partial charge in [-0.05, 0) is 25.3 Å². The Morgan fingerprint density at radius 2 is 2.42 bits per heavy atom. The van der Waals surface area contributed by atoms with Crippen LogP contribution in [0.1, 0.15) is 29.6 Å². The summed E-state index contributed by atoms with van der Waals surface area (Å²) in [6.07, 6.45) is 4.14. The van der Waals surface area contributed by atoms with E-state index in [1.54, 1.807) is 7.05 Å². The minimum Gasteiger partial charge on any atom is -0.376 e. The lowest BCUT2D eigenvalue weighted by atomic mass is 10.1. The Bertz CT molecular complexity index is 464. The van der Waals surface area contributed by atoms with Crippen molar-refractivity contribution in [1.29, 1.82) is 0 Å². The van der Waals surface area contributed by atoms with Gasteiger partial charge in [0.15, 0.2) is 0 Å². The van der Waals surface area contributed by atoms with Gasteiger partial charge in [-0.3, -0.25) is 4.79 Å². The van der Waals surface area contributed by atoms with Crippen molar-refractivity contribution in [3.8, 4) is 0 Å². The van der Waals surface area contributed by atoms with Crippen molar-refractivity contribution in [1.82, 2.24) is 9.88 Å². The highest BCUT2D eigenvalue weighted by Gasteiger charge is 2.22. The third-order valence-electron chi connectivity index (χ3n) is 3.13. The number of ether oxygens (including phenoxy) is 1. The SMILES string of the molecule is CN(CC1CCCCO1)C(=O)c1cc(F)cnc1Cl. The Morgan fingerprint density at radius 1 is 1.63 bits per heavy atom. The number of pyridine rings is 1. The molecule has 4 nitrogen and oxygen atoms in total. The van der Waals surface area contributed by atoms with Crippen LogP contribution < -0.4 is 0 Å². The number of hydrogen-bond acceptors (Lipinski definition) is 3. The van der Waals surface area contributed by atoms with Crippen molar-refractivity contribution in [2.75, 3.05) is 20.2 Å². The molecule has 0 bridgehead atoms. The number of likely N-dealkylation sites (N-methyl/N-ethyl adjacent to an activating group) is 1. The minimum atomic E-state index is -0.574. The highest BCUT2D eigenvalue weighted by Crippen LogP contribution is 2.18. The van der Waals surface area contributed by atoms with E-state index in [1.807, 2.05) is 0 Å². The largest absolute Gasteiger partial charge is 0.376 e. The van der Waals surface area contributed by atoms with Crippen LogP contribution in [0.25, 0.3) is 0 Å². The standard InChI is InChI=1S/C13H16ClFN2O2/c1-17(8-10-4-2-3-5-19-10)13(18)11-6-9(15)7-16-12(11)14/h6-7,10H,2-5,8H2,1H3. The van der Waals surface area contributed by atoms with Crippen LogP contribution in [-0.2, 0) is 4.74 Å². The van der Waals surface area contributed by atoms with Crippen LogP contribution in [0.15, 0.2) is 12.3 Å². The Hall–Kier alpha value is -1.20. The third kappa shape index (κ3) is 3.64. The maximum atomic E-state index is 13.1. The molecule has 0 N–H and O–H groups in total. The molecule has 104 valence electrons. The van der Waals surface area contributed by atoms with E-state index >= 15 is 0 Å². The molecule has 1 aromatic rings. The van der Waals surface area contributed by atoms with Gasteiger partial charge in [-0.2, -0.15) is 0 Å². The molecule has 0 radical (unpaired) electrons. The zero-order valence-corrected chi connectivity index (χ0v) is 11.5. The first-order chi connectivity index (χ1) is 9.08. The van der Waals surface area contributed by atoms with Gasteiger partial charge in [0.05, 0.1) is 17.9 Å². The quantitative estimate of drug-likeness (QED) is 0.802. The summed E-state index contributed by atoms with van der Waals surface area (Å²) in [6.45, 7) is 1.21. The number of aromatic nitrogens is 1. The summed E-state index contributed by atoms with van der Waals surface area (Å²) in [6, 6.07) is 1.11. The van der Waals surface area contributed by atoms with Crippen LogP contribution in [0.5, 0.6) is 0 Å². The Labute approximate surface area is 116 Å². The molecule has 19 heavy (non-hydrogen) atoms. The van der Waals surface area contributed by atoms with Gasteiger partial charge in [0.25, 0.3) is 5.91 Å². The molecule has 1 aliphatic rings.